The monoisotopic (exact) mass is 236 g/mol. The first-order chi connectivity index (χ1) is 8.03. The van der Waals surface area contributed by atoms with E-state index in [9.17, 15) is 8.78 Å². The molecule has 1 fully saturated rings. The Bertz CT molecular complexity index is 492. The fourth-order valence-corrected chi connectivity index (χ4v) is 2.30. The van der Waals surface area contributed by atoms with Crippen LogP contribution in [-0.4, -0.2) is 10.7 Å². The molecular weight excluding hydrogens is 222 g/mol. The van der Waals surface area contributed by atoms with Crippen molar-refractivity contribution >= 4 is 6.08 Å². The van der Waals surface area contributed by atoms with E-state index in [-0.39, 0.29) is 11.3 Å². The van der Waals surface area contributed by atoms with Crippen molar-refractivity contribution in [2.45, 2.75) is 37.8 Å². The van der Waals surface area contributed by atoms with Crippen molar-refractivity contribution in [2.75, 3.05) is 0 Å². The summed E-state index contributed by atoms with van der Waals surface area (Å²) in [5, 5.41) is 8.95. The van der Waals surface area contributed by atoms with E-state index >= 15 is 0 Å². The van der Waals surface area contributed by atoms with Crippen LogP contribution in [0.4, 0.5) is 8.78 Å². The number of hydrogen-bond donors (Lipinski definition) is 1. The van der Waals surface area contributed by atoms with Crippen LogP contribution in [0.3, 0.4) is 0 Å². The first-order valence-electron chi connectivity index (χ1n) is 5.66. The zero-order chi connectivity index (χ0) is 12.6. The molecule has 1 unspecified atom stereocenters. The van der Waals surface area contributed by atoms with E-state index < -0.39 is 17.4 Å². The highest BCUT2D eigenvalue weighted by molar-refractivity contribution is 5.52. The van der Waals surface area contributed by atoms with Crippen molar-refractivity contribution in [3.05, 3.63) is 29.3 Å². The van der Waals surface area contributed by atoms with Gasteiger partial charge in [0, 0.05) is 11.6 Å². The lowest BCUT2D eigenvalue weighted by Gasteiger charge is -2.38. The number of nitrogens with zero attached hydrogens (tertiary/aromatic N) is 1. The zero-order valence-corrected chi connectivity index (χ0v) is 9.69. The van der Waals surface area contributed by atoms with Crippen LogP contribution < -0.4 is 0 Å². The molecule has 1 aliphatic rings. The Morgan fingerprint density at radius 3 is 2.65 bits per heavy atom. The van der Waals surface area contributed by atoms with Crippen LogP contribution >= 0.6 is 0 Å². The molecule has 2 rings (SSSR count). The minimum absolute atomic E-state index is 0.0867. The van der Waals surface area contributed by atoms with Gasteiger partial charge in [-0.1, -0.05) is 13.5 Å². The van der Waals surface area contributed by atoms with E-state index in [0.29, 0.717) is 18.5 Å². The van der Waals surface area contributed by atoms with Crippen LogP contribution in [0.2, 0.25) is 0 Å². The number of hydrogen-bond acceptors (Lipinski definition) is 1. The lowest BCUT2D eigenvalue weighted by atomic mass is 9.72. The van der Waals surface area contributed by atoms with Crippen LogP contribution in [0.15, 0.2) is 6.58 Å². The summed E-state index contributed by atoms with van der Waals surface area (Å²) in [7, 11) is 0. The van der Waals surface area contributed by atoms with E-state index in [1.165, 1.54) is 6.08 Å². The van der Waals surface area contributed by atoms with Gasteiger partial charge in [-0.2, -0.15) is 5.26 Å². The summed E-state index contributed by atoms with van der Waals surface area (Å²) < 4.78 is 28.0. The van der Waals surface area contributed by atoms with Gasteiger partial charge in [0.15, 0.2) is 5.82 Å². The molecule has 1 aromatic heterocycles. The standard InChI is InChI=1S/C13H14F2N2/c1-3-10-11(14)9(7-16)12(17-10)8(2)13(15)5-4-6-13/h3,8,17H,1,4-6H2,2H3. The van der Waals surface area contributed by atoms with Crippen LogP contribution in [0, 0.1) is 17.1 Å². The van der Waals surface area contributed by atoms with E-state index in [1.54, 1.807) is 13.0 Å². The first kappa shape index (κ1) is 11.8. The van der Waals surface area contributed by atoms with Crippen molar-refractivity contribution in [3.8, 4) is 6.07 Å². The number of H-pyrrole nitrogens is 1. The second-order valence-electron chi connectivity index (χ2n) is 4.57. The molecule has 1 heterocycles. The topological polar surface area (TPSA) is 39.6 Å². The third-order valence-corrected chi connectivity index (χ3v) is 3.70. The molecule has 0 bridgehead atoms. The van der Waals surface area contributed by atoms with Gasteiger partial charge in [-0.05, 0) is 25.3 Å². The number of nitrogens with one attached hydrogen (secondary N) is 1. The van der Waals surface area contributed by atoms with Crippen molar-refractivity contribution in [3.63, 3.8) is 0 Å². The third kappa shape index (κ3) is 1.66. The Morgan fingerprint density at radius 2 is 2.24 bits per heavy atom. The van der Waals surface area contributed by atoms with Crippen LogP contribution in [0.1, 0.15) is 49.1 Å². The lowest BCUT2D eigenvalue weighted by Crippen LogP contribution is -2.37. The lowest BCUT2D eigenvalue weighted by molar-refractivity contribution is 0.0369. The molecule has 4 heteroatoms. The molecule has 90 valence electrons. The number of alkyl halides is 1. The first-order valence-corrected chi connectivity index (χ1v) is 5.66. The normalized spacial score (nSPS) is 19.2. The summed E-state index contributed by atoms with van der Waals surface area (Å²) in [6.07, 6.45) is 3.10. The number of nitriles is 1. The highest BCUT2D eigenvalue weighted by Crippen LogP contribution is 2.47. The SMILES string of the molecule is C=Cc1[nH]c(C(C)C2(F)CCC2)c(C#N)c1F. The Hall–Kier alpha value is -1.63. The molecule has 0 spiro atoms. The predicted molar refractivity (Wildman–Crippen MR) is 61.7 cm³/mol. The van der Waals surface area contributed by atoms with Crippen molar-refractivity contribution in [2.24, 2.45) is 0 Å². The van der Waals surface area contributed by atoms with Gasteiger partial charge in [0.25, 0.3) is 0 Å². The minimum atomic E-state index is -1.30. The number of halogens is 2. The average Bonchev–Trinajstić information content (AvgIpc) is 2.61. The smallest absolute Gasteiger partial charge is 0.166 e. The van der Waals surface area contributed by atoms with Crippen molar-refractivity contribution in [1.82, 2.24) is 4.98 Å². The van der Waals surface area contributed by atoms with E-state index in [2.05, 4.69) is 11.6 Å². The second kappa shape index (κ2) is 3.99. The Morgan fingerprint density at radius 1 is 1.59 bits per heavy atom. The molecule has 17 heavy (non-hydrogen) atoms. The highest BCUT2D eigenvalue weighted by atomic mass is 19.1. The summed E-state index contributed by atoms with van der Waals surface area (Å²) >= 11 is 0. The molecular formula is C13H14F2N2. The molecule has 0 aliphatic heterocycles. The van der Waals surface area contributed by atoms with E-state index in [1.807, 2.05) is 0 Å². The molecule has 0 aromatic carbocycles. The van der Waals surface area contributed by atoms with Gasteiger partial charge in [0.05, 0.1) is 5.69 Å². The Balaban J connectivity index is 2.45. The van der Waals surface area contributed by atoms with Crippen LogP contribution in [0.25, 0.3) is 6.08 Å². The molecule has 0 saturated heterocycles. The van der Waals surface area contributed by atoms with Crippen molar-refractivity contribution < 1.29 is 8.78 Å². The number of aromatic amines is 1. The summed E-state index contributed by atoms with van der Waals surface area (Å²) in [4.78, 5) is 2.77. The average molecular weight is 236 g/mol. The van der Waals surface area contributed by atoms with Gasteiger partial charge in [-0.15, -0.1) is 0 Å². The molecule has 2 nitrogen and oxygen atoms in total. The fourth-order valence-electron chi connectivity index (χ4n) is 2.30. The zero-order valence-electron chi connectivity index (χ0n) is 9.69. The summed E-state index contributed by atoms with van der Waals surface area (Å²) in [5.41, 5.74) is -0.883. The molecule has 1 N–H and O–H groups in total. The molecule has 0 radical (unpaired) electrons. The van der Waals surface area contributed by atoms with Gasteiger partial charge in [0.1, 0.15) is 17.3 Å². The minimum Gasteiger partial charge on any atom is -0.355 e. The fraction of sp³-hybridized carbons (Fsp3) is 0.462. The molecule has 1 atom stereocenters. The maximum atomic E-state index is 14.3. The Kier molecular flexibility index (Phi) is 2.78. The predicted octanol–water partition coefficient (Wildman–Crippen LogP) is 3.66. The maximum Gasteiger partial charge on any atom is 0.166 e. The van der Waals surface area contributed by atoms with Gasteiger partial charge >= 0.3 is 0 Å². The summed E-state index contributed by atoms with van der Waals surface area (Å²) in [6, 6.07) is 1.80. The van der Waals surface area contributed by atoms with E-state index in [4.69, 9.17) is 5.26 Å². The molecule has 1 saturated carbocycles. The Labute approximate surface area is 99.0 Å². The van der Waals surface area contributed by atoms with E-state index in [0.717, 1.165) is 6.42 Å². The second-order valence-corrected chi connectivity index (χ2v) is 4.57. The van der Waals surface area contributed by atoms with Gasteiger partial charge in [-0.3, -0.25) is 0 Å². The van der Waals surface area contributed by atoms with Gasteiger partial charge in [-0.25, -0.2) is 8.78 Å². The molecule has 1 aliphatic carbocycles. The van der Waals surface area contributed by atoms with Crippen LogP contribution in [0.5, 0.6) is 0 Å². The van der Waals surface area contributed by atoms with Gasteiger partial charge < -0.3 is 4.98 Å². The van der Waals surface area contributed by atoms with Crippen molar-refractivity contribution in [1.29, 1.82) is 5.26 Å². The summed E-state index contributed by atoms with van der Waals surface area (Å²) in [6.45, 7) is 5.15. The summed E-state index contributed by atoms with van der Waals surface area (Å²) in [5.74, 6) is -1.12. The largest absolute Gasteiger partial charge is 0.355 e. The maximum absolute atomic E-state index is 14.3. The number of aromatic nitrogens is 1. The highest BCUT2D eigenvalue weighted by Gasteiger charge is 2.44. The number of rotatable bonds is 3. The molecule has 0 amide bonds. The molecule has 1 aromatic rings. The van der Waals surface area contributed by atoms with Gasteiger partial charge in [0.2, 0.25) is 0 Å². The third-order valence-electron chi connectivity index (χ3n) is 3.70. The quantitative estimate of drug-likeness (QED) is 0.854. The van der Waals surface area contributed by atoms with Crippen LogP contribution in [-0.2, 0) is 0 Å².